The number of nitrogens with one attached hydrogen (secondary N) is 1. The van der Waals surface area contributed by atoms with Gasteiger partial charge in [-0.15, -0.1) is 10.1 Å². The first-order chi connectivity index (χ1) is 13.8. The van der Waals surface area contributed by atoms with Gasteiger partial charge < -0.3 is 14.9 Å². The molecule has 11 heteroatoms. The summed E-state index contributed by atoms with van der Waals surface area (Å²) in [6, 6.07) is 13.6. The molecule has 0 aliphatic carbocycles. The molecular weight excluding hydrogens is 505 g/mol. The van der Waals surface area contributed by atoms with Crippen molar-refractivity contribution in [2.75, 3.05) is 5.94 Å². The van der Waals surface area contributed by atoms with E-state index in [0.717, 1.165) is 20.8 Å². The molecule has 0 saturated heterocycles. The summed E-state index contributed by atoms with van der Waals surface area (Å²) in [6.45, 7) is 0. The Balaban J connectivity index is 0.000000687. The summed E-state index contributed by atoms with van der Waals surface area (Å²) < 4.78 is 7.13. The van der Waals surface area contributed by atoms with Crippen LogP contribution in [0.2, 0.25) is 10.0 Å². The first-order valence-electron chi connectivity index (χ1n) is 8.11. The number of aromatic nitrogens is 2. The molecule has 154 valence electrons. The van der Waals surface area contributed by atoms with E-state index in [0.29, 0.717) is 22.4 Å². The molecule has 3 rings (SSSR count). The van der Waals surface area contributed by atoms with Crippen LogP contribution in [0.3, 0.4) is 0 Å². The number of thioether (sulfide) groups is 1. The molecule has 0 bridgehead atoms. The van der Waals surface area contributed by atoms with Crippen LogP contribution in [0, 0.1) is 10.1 Å². The number of ether oxygens (including phenoxy) is 1. The maximum absolute atomic E-state index is 8.36. The second-order valence-electron chi connectivity index (χ2n) is 5.52. The number of imidazole rings is 1. The fraction of sp³-hybridized carbons (Fsp3) is 0.167. The smallest absolute Gasteiger partial charge is 0.291 e. The average Bonchev–Trinajstić information content (AvgIpc) is 3.18. The summed E-state index contributed by atoms with van der Waals surface area (Å²) in [5.74, 6) is 1.29. The van der Waals surface area contributed by atoms with Crippen molar-refractivity contribution in [1.82, 2.24) is 9.97 Å². The van der Waals surface area contributed by atoms with Crippen LogP contribution in [-0.2, 0) is 11.2 Å². The van der Waals surface area contributed by atoms with Gasteiger partial charge in [0.25, 0.3) is 5.09 Å². The number of benzene rings is 2. The number of nitrogens with zero attached hydrogens (tertiary/aromatic N) is 2. The highest BCUT2D eigenvalue weighted by molar-refractivity contribution is 9.10. The van der Waals surface area contributed by atoms with Crippen LogP contribution < -0.4 is 0 Å². The normalized spacial score (nSPS) is 11.4. The van der Waals surface area contributed by atoms with Crippen molar-refractivity contribution < 1.29 is 15.0 Å². The lowest BCUT2D eigenvalue weighted by molar-refractivity contribution is -0.742. The number of hydrogen-bond donors (Lipinski definition) is 2. The van der Waals surface area contributed by atoms with E-state index in [2.05, 4.69) is 38.0 Å². The molecule has 1 aromatic heterocycles. The molecule has 0 amide bonds. The molecule has 3 aromatic rings. The third kappa shape index (κ3) is 8.63. The highest BCUT2D eigenvalue weighted by Crippen LogP contribution is 2.29. The van der Waals surface area contributed by atoms with Crippen molar-refractivity contribution in [2.45, 2.75) is 17.4 Å². The minimum Gasteiger partial charge on any atom is -0.359 e. The molecule has 2 N–H and O–H groups in total. The van der Waals surface area contributed by atoms with E-state index in [-0.39, 0.29) is 6.10 Å². The Hall–Kier alpha value is -1.78. The Morgan fingerprint density at radius 1 is 1.28 bits per heavy atom. The molecule has 0 aliphatic heterocycles. The fourth-order valence-corrected chi connectivity index (χ4v) is 3.74. The van der Waals surface area contributed by atoms with E-state index in [9.17, 15) is 0 Å². The predicted octanol–water partition coefficient (Wildman–Crippen LogP) is 6.18. The zero-order chi connectivity index (χ0) is 21.2. The van der Waals surface area contributed by atoms with Gasteiger partial charge in [0.15, 0.2) is 0 Å². The molecule has 2 aromatic carbocycles. The molecule has 7 nitrogen and oxygen atoms in total. The van der Waals surface area contributed by atoms with Gasteiger partial charge in [0.05, 0.1) is 5.94 Å². The molecule has 1 atom stereocenters. The quantitative estimate of drug-likeness (QED) is 0.167. The minimum absolute atomic E-state index is 0.211. The van der Waals surface area contributed by atoms with Gasteiger partial charge in [0.2, 0.25) is 0 Å². The summed E-state index contributed by atoms with van der Waals surface area (Å²) in [5.41, 5.74) is 0.973. The Morgan fingerprint density at radius 3 is 2.55 bits per heavy atom. The van der Waals surface area contributed by atoms with Crippen LogP contribution in [0.15, 0.2) is 64.2 Å². The monoisotopic (exact) mass is 519 g/mol. The van der Waals surface area contributed by atoms with Crippen molar-refractivity contribution in [2.24, 2.45) is 0 Å². The number of hydrogen-bond acceptors (Lipinski definition) is 5. The molecular formula is C18H16BrCl2N3O4S. The standard InChI is InChI=1S/C18H15BrCl2N2OS.HNO3/c19-13-2-5-15(6-3-13)25-11-24-17(18-22-7-8-23-18)9-12-1-4-14(20)10-16(12)21;2-1(3)4/h1-8,10,17H,9,11H2,(H,22,23);(H,2,3,4). The maximum Gasteiger partial charge on any atom is 0.291 e. The van der Waals surface area contributed by atoms with Crippen molar-refractivity contribution in [3.05, 3.63) is 90.9 Å². The van der Waals surface area contributed by atoms with Gasteiger partial charge in [-0.25, -0.2) is 4.98 Å². The summed E-state index contributed by atoms with van der Waals surface area (Å²) in [4.78, 5) is 17.0. The first kappa shape index (κ1) is 23.5. The SMILES string of the molecule is Clc1ccc(CC(OCSc2ccc(Br)cc2)c2ncc[nH]2)c(Cl)c1.O=[N+]([O-])O. The van der Waals surface area contributed by atoms with E-state index in [1.165, 1.54) is 0 Å². The van der Waals surface area contributed by atoms with Gasteiger partial charge in [-0.1, -0.05) is 57.0 Å². The third-order valence-corrected chi connectivity index (χ3v) is 5.53. The fourth-order valence-electron chi connectivity index (χ4n) is 2.29. The van der Waals surface area contributed by atoms with Gasteiger partial charge >= 0.3 is 0 Å². The van der Waals surface area contributed by atoms with Crippen molar-refractivity contribution in [1.29, 1.82) is 0 Å². The third-order valence-electron chi connectivity index (χ3n) is 3.55. The average molecular weight is 521 g/mol. The first-order valence-corrected chi connectivity index (χ1v) is 10.6. The highest BCUT2D eigenvalue weighted by Gasteiger charge is 2.17. The molecule has 29 heavy (non-hydrogen) atoms. The van der Waals surface area contributed by atoms with Gasteiger partial charge in [-0.05, 0) is 42.0 Å². The summed E-state index contributed by atoms with van der Waals surface area (Å²) >= 11 is 17.3. The Kier molecular flexibility index (Phi) is 9.75. The number of H-pyrrole nitrogens is 1. The van der Waals surface area contributed by atoms with Crippen molar-refractivity contribution >= 4 is 50.9 Å². The zero-order valence-corrected chi connectivity index (χ0v) is 18.7. The topological polar surface area (TPSA) is 101 Å². The maximum atomic E-state index is 8.36. The Bertz CT molecular complexity index is 910. The summed E-state index contributed by atoms with van der Waals surface area (Å²) in [6.07, 6.45) is 3.91. The number of aromatic amines is 1. The predicted molar refractivity (Wildman–Crippen MR) is 116 cm³/mol. The molecule has 0 fully saturated rings. The lowest BCUT2D eigenvalue weighted by atomic mass is 10.1. The molecule has 0 saturated carbocycles. The second-order valence-corrected chi connectivity index (χ2v) is 8.28. The van der Waals surface area contributed by atoms with Crippen LogP contribution in [0.5, 0.6) is 0 Å². The van der Waals surface area contributed by atoms with E-state index in [1.807, 2.05) is 24.3 Å². The zero-order valence-electron chi connectivity index (χ0n) is 14.8. The summed E-state index contributed by atoms with van der Waals surface area (Å²) in [5, 5.41) is 14.9. The van der Waals surface area contributed by atoms with Gasteiger partial charge in [-0.3, -0.25) is 0 Å². The molecule has 0 radical (unpaired) electrons. The Morgan fingerprint density at radius 2 is 1.97 bits per heavy atom. The van der Waals surface area contributed by atoms with Crippen LogP contribution in [0.1, 0.15) is 17.5 Å². The van der Waals surface area contributed by atoms with Crippen molar-refractivity contribution in [3.8, 4) is 0 Å². The summed E-state index contributed by atoms with van der Waals surface area (Å²) in [7, 11) is 0. The van der Waals surface area contributed by atoms with Crippen LogP contribution in [-0.4, -0.2) is 26.2 Å². The van der Waals surface area contributed by atoms with E-state index >= 15 is 0 Å². The van der Waals surface area contributed by atoms with Gasteiger partial charge in [0.1, 0.15) is 11.9 Å². The largest absolute Gasteiger partial charge is 0.359 e. The molecule has 1 heterocycles. The van der Waals surface area contributed by atoms with E-state index in [1.54, 1.807) is 30.2 Å². The van der Waals surface area contributed by atoms with Crippen LogP contribution >= 0.6 is 50.9 Å². The number of halogens is 3. The van der Waals surface area contributed by atoms with Gasteiger partial charge in [0, 0.05) is 38.2 Å². The number of rotatable bonds is 7. The molecule has 0 aliphatic rings. The minimum atomic E-state index is -1.50. The molecule has 1 unspecified atom stereocenters. The second kappa shape index (κ2) is 12.0. The molecule has 0 spiro atoms. The van der Waals surface area contributed by atoms with Crippen molar-refractivity contribution in [3.63, 3.8) is 0 Å². The van der Waals surface area contributed by atoms with Crippen LogP contribution in [0.4, 0.5) is 0 Å². The lowest BCUT2D eigenvalue weighted by Crippen LogP contribution is -2.10. The van der Waals surface area contributed by atoms with E-state index < -0.39 is 5.09 Å². The van der Waals surface area contributed by atoms with Gasteiger partial charge in [-0.2, -0.15) is 0 Å². The Labute approximate surface area is 189 Å². The van der Waals surface area contributed by atoms with Crippen LogP contribution in [0.25, 0.3) is 0 Å². The van der Waals surface area contributed by atoms with E-state index in [4.69, 9.17) is 43.3 Å². The lowest BCUT2D eigenvalue weighted by Gasteiger charge is -2.17. The highest BCUT2D eigenvalue weighted by atomic mass is 79.9.